The van der Waals surface area contributed by atoms with Gasteiger partial charge in [-0.2, -0.15) is 0 Å². The van der Waals surface area contributed by atoms with Gasteiger partial charge in [-0.25, -0.2) is 4.39 Å². The molecule has 3 atom stereocenters. The van der Waals surface area contributed by atoms with E-state index < -0.39 is 6.17 Å². The van der Waals surface area contributed by atoms with Crippen LogP contribution < -0.4 is 5.32 Å². The normalized spacial score (nSPS) is 21.9. The molecule has 2 aromatic rings. The summed E-state index contributed by atoms with van der Waals surface area (Å²) < 4.78 is 14.8. The number of halogens is 1. The molecule has 3 unspecified atom stereocenters. The molecule has 1 saturated heterocycles. The number of anilines is 1. The van der Waals surface area contributed by atoms with Crippen molar-refractivity contribution in [3.63, 3.8) is 0 Å². The number of benzene rings is 2. The van der Waals surface area contributed by atoms with Crippen molar-refractivity contribution in [3.8, 4) is 0 Å². The number of likely N-dealkylation sites (tertiary alicyclic amines) is 1. The largest absolute Gasteiger partial charge is 0.326 e. The van der Waals surface area contributed by atoms with Crippen molar-refractivity contribution >= 4 is 11.6 Å². The van der Waals surface area contributed by atoms with Gasteiger partial charge in [-0.1, -0.05) is 55.5 Å². The molecule has 1 aliphatic rings. The van der Waals surface area contributed by atoms with Crippen molar-refractivity contribution in [2.24, 2.45) is 11.8 Å². The fourth-order valence-electron chi connectivity index (χ4n) is 3.66. The van der Waals surface area contributed by atoms with Crippen molar-refractivity contribution < 1.29 is 9.18 Å². The van der Waals surface area contributed by atoms with Gasteiger partial charge in [0.1, 0.15) is 6.17 Å². The quantitative estimate of drug-likeness (QED) is 0.845. The molecule has 1 fully saturated rings. The summed E-state index contributed by atoms with van der Waals surface area (Å²) in [4.78, 5) is 14.6. The van der Waals surface area contributed by atoms with Crippen LogP contribution in [0.2, 0.25) is 0 Å². The fraction of sp³-hybridized carbons (Fsp3) is 0.409. The lowest BCUT2D eigenvalue weighted by Gasteiger charge is -2.37. The third-order valence-electron chi connectivity index (χ3n) is 5.33. The number of hydrogen-bond acceptors (Lipinski definition) is 2. The second-order valence-electron chi connectivity index (χ2n) is 7.15. The Labute approximate surface area is 155 Å². The van der Waals surface area contributed by atoms with Gasteiger partial charge < -0.3 is 10.2 Å². The van der Waals surface area contributed by atoms with Crippen molar-refractivity contribution in [2.45, 2.75) is 25.9 Å². The standard InChI is InChI=1S/C22H27FN2O/c1-17(22(26)24-19-10-6-3-7-11-19)20-13-15-25(16-21(20)23)14-12-18-8-4-2-5-9-18/h2-11,17,20-21H,12-16H2,1H3,(H,24,26). The summed E-state index contributed by atoms with van der Waals surface area (Å²) in [6.45, 7) is 3.97. The highest BCUT2D eigenvalue weighted by molar-refractivity contribution is 5.92. The molecule has 0 radical (unpaired) electrons. The Kier molecular flexibility index (Phi) is 6.40. The average Bonchev–Trinajstić information content (AvgIpc) is 2.67. The lowest BCUT2D eigenvalue weighted by molar-refractivity contribution is -0.122. The number of para-hydroxylation sites is 1. The first-order valence-corrected chi connectivity index (χ1v) is 9.40. The molecular weight excluding hydrogens is 327 g/mol. The Morgan fingerprint density at radius 3 is 2.46 bits per heavy atom. The molecule has 0 spiro atoms. The van der Waals surface area contributed by atoms with E-state index in [-0.39, 0.29) is 17.7 Å². The SMILES string of the molecule is CC(C(=O)Nc1ccccc1)C1CCN(CCc2ccccc2)CC1F. The number of alkyl halides is 1. The van der Waals surface area contributed by atoms with E-state index >= 15 is 0 Å². The first-order valence-electron chi connectivity index (χ1n) is 9.40. The minimum absolute atomic E-state index is 0.0958. The summed E-state index contributed by atoms with van der Waals surface area (Å²) >= 11 is 0. The summed E-state index contributed by atoms with van der Waals surface area (Å²) in [7, 11) is 0. The highest BCUT2D eigenvalue weighted by Crippen LogP contribution is 2.28. The Morgan fingerprint density at radius 1 is 1.15 bits per heavy atom. The molecule has 4 heteroatoms. The predicted octanol–water partition coefficient (Wildman–Crippen LogP) is 4.16. The molecule has 138 valence electrons. The molecule has 1 N–H and O–H groups in total. The van der Waals surface area contributed by atoms with Crippen LogP contribution in [0.4, 0.5) is 10.1 Å². The summed E-state index contributed by atoms with van der Waals surface area (Å²) in [5.74, 6) is -0.644. The molecule has 0 saturated carbocycles. The molecule has 0 bridgehead atoms. The highest BCUT2D eigenvalue weighted by atomic mass is 19.1. The molecule has 1 heterocycles. The van der Waals surface area contributed by atoms with Gasteiger partial charge in [-0.05, 0) is 37.1 Å². The van der Waals surface area contributed by atoms with E-state index in [2.05, 4.69) is 22.3 Å². The Bertz CT molecular complexity index is 692. The zero-order valence-electron chi connectivity index (χ0n) is 15.3. The Morgan fingerprint density at radius 2 is 1.81 bits per heavy atom. The zero-order valence-corrected chi connectivity index (χ0v) is 15.3. The van der Waals surface area contributed by atoms with E-state index in [1.165, 1.54) is 5.56 Å². The third-order valence-corrected chi connectivity index (χ3v) is 5.33. The average molecular weight is 354 g/mol. The maximum absolute atomic E-state index is 14.8. The van der Waals surface area contributed by atoms with Gasteiger partial charge in [-0.15, -0.1) is 0 Å². The molecule has 0 aliphatic carbocycles. The number of nitrogens with zero attached hydrogens (tertiary/aromatic N) is 1. The van der Waals surface area contributed by atoms with E-state index in [1.54, 1.807) is 0 Å². The highest BCUT2D eigenvalue weighted by Gasteiger charge is 2.35. The summed E-state index contributed by atoms with van der Waals surface area (Å²) in [6.07, 6.45) is 0.692. The van der Waals surface area contributed by atoms with Crippen LogP contribution >= 0.6 is 0 Å². The van der Waals surface area contributed by atoms with E-state index in [9.17, 15) is 9.18 Å². The number of hydrogen-bond donors (Lipinski definition) is 1. The van der Waals surface area contributed by atoms with Crippen LogP contribution in [0.5, 0.6) is 0 Å². The van der Waals surface area contributed by atoms with Crippen molar-refractivity contribution in [1.29, 1.82) is 0 Å². The number of piperidine rings is 1. The number of carbonyl (C=O) groups is 1. The maximum atomic E-state index is 14.8. The molecular formula is C22H27FN2O. The van der Waals surface area contributed by atoms with Gasteiger partial charge in [0, 0.05) is 30.6 Å². The van der Waals surface area contributed by atoms with E-state index in [4.69, 9.17) is 0 Å². The summed E-state index contributed by atoms with van der Waals surface area (Å²) in [6, 6.07) is 19.7. The van der Waals surface area contributed by atoms with Gasteiger partial charge in [0.25, 0.3) is 0 Å². The van der Waals surface area contributed by atoms with Crippen LogP contribution in [0.1, 0.15) is 18.9 Å². The van der Waals surface area contributed by atoms with Crippen LogP contribution in [0.15, 0.2) is 60.7 Å². The van der Waals surface area contributed by atoms with Gasteiger partial charge in [-0.3, -0.25) is 4.79 Å². The minimum atomic E-state index is -0.962. The number of nitrogens with one attached hydrogen (secondary N) is 1. The molecule has 26 heavy (non-hydrogen) atoms. The van der Waals surface area contributed by atoms with Gasteiger partial charge in [0.05, 0.1) is 0 Å². The summed E-state index contributed by atoms with van der Waals surface area (Å²) in [5, 5.41) is 2.90. The lowest BCUT2D eigenvalue weighted by atomic mass is 9.83. The van der Waals surface area contributed by atoms with Gasteiger partial charge >= 0.3 is 0 Å². The van der Waals surface area contributed by atoms with Crippen molar-refractivity contribution in [2.75, 3.05) is 25.0 Å². The van der Waals surface area contributed by atoms with Gasteiger partial charge in [0.15, 0.2) is 0 Å². The first-order chi connectivity index (χ1) is 12.6. The topological polar surface area (TPSA) is 32.3 Å². The van der Waals surface area contributed by atoms with Crippen LogP contribution in [-0.2, 0) is 11.2 Å². The van der Waals surface area contributed by atoms with Crippen LogP contribution in [0.25, 0.3) is 0 Å². The zero-order chi connectivity index (χ0) is 18.4. The van der Waals surface area contributed by atoms with Crippen LogP contribution in [0.3, 0.4) is 0 Å². The molecule has 1 amide bonds. The molecule has 2 aromatic carbocycles. The number of carbonyl (C=O) groups excluding carboxylic acids is 1. The second-order valence-corrected chi connectivity index (χ2v) is 7.15. The monoisotopic (exact) mass is 354 g/mol. The van der Waals surface area contributed by atoms with Crippen molar-refractivity contribution in [3.05, 3.63) is 66.2 Å². The Balaban J connectivity index is 1.49. The van der Waals surface area contributed by atoms with Gasteiger partial charge in [0.2, 0.25) is 5.91 Å². The predicted molar refractivity (Wildman–Crippen MR) is 104 cm³/mol. The first kappa shape index (κ1) is 18.6. The summed E-state index contributed by atoms with van der Waals surface area (Å²) in [5.41, 5.74) is 2.04. The molecule has 1 aliphatic heterocycles. The minimum Gasteiger partial charge on any atom is -0.326 e. The number of rotatable bonds is 6. The molecule has 0 aromatic heterocycles. The third kappa shape index (κ3) is 4.92. The number of amides is 1. The van der Waals surface area contributed by atoms with Crippen LogP contribution in [0, 0.1) is 11.8 Å². The second kappa shape index (κ2) is 8.95. The van der Waals surface area contributed by atoms with E-state index in [0.29, 0.717) is 6.54 Å². The molecule has 3 rings (SSSR count). The smallest absolute Gasteiger partial charge is 0.227 e. The fourth-order valence-corrected chi connectivity index (χ4v) is 3.66. The lowest BCUT2D eigenvalue weighted by Crippen LogP contribution is -2.46. The van der Waals surface area contributed by atoms with E-state index in [1.807, 2.05) is 55.5 Å². The van der Waals surface area contributed by atoms with Crippen LogP contribution in [-0.4, -0.2) is 36.6 Å². The van der Waals surface area contributed by atoms with E-state index in [0.717, 1.165) is 31.6 Å². The maximum Gasteiger partial charge on any atom is 0.227 e. The molecule has 3 nitrogen and oxygen atoms in total. The Hall–Kier alpha value is -2.20. The van der Waals surface area contributed by atoms with Crippen molar-refractivity contribution in [1.82, 2.24) is 4.90 Å².